The van der Waals surface area contributed by atoms with Crippen LogP contribution in [0.3, 0.4) is 0 Å². The fourth-order valence-corrected chi connectivity index (χ4v) is 1.65. The molecule has 0 aliphatic heterocycles. The molecule has 0 spiro atoms. The van der Waals surface area contributed by atoms with E-state index in [1.54, 1.807) is 7.11 Å². The standard InChI is InChI=1S/C11H16N2O/c1-6-5-9(11(12)13)7(2)8(3)10(6)14-4/h5H,1-4H3,(H3,12,13). The monoisotopic (exact) mass is 192 g/mol. The molecule has 14 heavy (non-hydrogen) atoms. The van der Waals surface area contributed by atoms with E-state index < -0.39 is 0 Å². The summed E-state index contributed by atoms with van der Waals surface area (Å²) in [5, 5.41) is 7.43. The van der Waals surface area contributed by atoms with Gasteiger partial charge in [0.2, 0.25) is 0 Å². The van der Waals surface area contributed by atoms with Gasteiger partial charge in [0.15, 0.2) is 0 Å². The van der Waals surface area contributed by atoms with Crippen molar-refractivity contribution in [2.75, 3.05) is 7.11 Å². The average Bonchev–Trinajstić information content (AvgIpc) is 2.12. The van der Waals surface area contributed by atoms with Gasteiger partial charge in [-0.3, -0.25) is 5.41 Å². The van der Waals surface area contributed by atoms with Crippen molar-refractivity contribution in [2.45, 2.75) is 20.8 Å². The summed E-state index contributed by atoms with van der Waals surface area (Å²) < 4.78 is 5.28. The Morgan fingerprint density at radius 1 is 1.29 bits per heavy atom. The lowest BCUT2D eigenvalue weighted by atomic mass is 9.98. The molecule has 0 aliphatic carbocycles. The summed E-state index contributed by atoms with van der Waals surface area (Å²) in [6.07, 6.45) is 0. The van der Waals surface area contributed by atoms with Gasteiger partial charge in [0.05, 0.1) is 7.11 Å². The summed E-state index contributed by atoms with van der Waals surface area (Å²) in [5.41, 5.74) is 9.36. The minimum Gasteiger partial charge on any atom is -0.496 e. The Morgan fingerprint density at radius 2 is 1.86 bits per heavy atom. The molecule has 0 radical (unpaired) electrons. The van der Waals surface area contributed by atoms with Gasteiger partial charge in [-0.05, 0) is 43.5 Å². The molecule has 1 aromatic carbocycles. The molecule has 0 atom stereocenters. The van der Waals surface area contributed by atoms with Crippen LogP contribution in [0, 0.1) is 26.2 Å². The van der Waals surface area contributed by atoms with Crippen molar-refractivity contribution in [3.63, 3.8) is 0 Å². The summed E-state index contributed by atoms with van der Waals surface area (Å²) in [5.74, 6) is 0.990. The summed E-state index contributed by atoms with van der Waals surface area (Å²) in [6, 6.07) is 1.89. The summed E-state index contributed by atoms with van der Waals surface area (Å²) in [6.45, 7) is 5.89. The highest BCUT2D eigenvalue weighted by atomic mass is 16.5. The van der Waals surface area contributed by atoms with Crippen LogP contribution >= 0.6 is 0 Å². The maximum Gasteiger partial charge on any atom is 0.124 e. The number of ether oxygens (including phenoxy) is 1. The number of nitrogens with one attached hydrogen (secondary N) is 1. The lowest BCUT2D eigenvalue weighted by molar-refractivity contribution is 0.408. The van der Waals surface area contributed by atoms with E-state index in [0.717, 1.165) is 28.0 Å². The highest BCUT2D eigenvalue weighted by Gasteiger charge is 2.11. The second-order valence-electron chi connectivity index (χ2n) is 3.44. The number of amidine groups is 1. The van der Waals surface area contributed by atoms with Crippen molar-refractivity contribution < 1.29 is 4.74 Å². The van der Waals surface area contributed by atoms with Crippen LogP contribution in [0.25, 0.3) is 0 Å². The molecule has 76 valence electrons. The zero-order valence-electron chi connectivity index (χ0n) is 9.06. The number of nitrogen functional groups attached to an aromatic ring is 1. The highest BCUT2D eigenvalue weighted by molar-refractivity contribution is 5.97. The van der Waals surface area contributed by atoms with E-state index in [0.29, 0.717) is 0 Å². The maximum absolute atomic E-state index is 7.43. The van der Waals surface area contributed by atoms with Gasteiger partial charge in [-0.25, -0.2) is 0 Å². The molecule has 0 amide bonds. The quantitative estimate of drug-likeness (QED) is 0.555. The van der Waals surface area contributed by atoms with Crippen molar-refractivity contribution in [1.29, 1.82) is 5.41 Å². The van der Waals surface area contributed by atoms with E-state index in [-0.39, 0.29) is 5.84 Å². The Morgan fingerprint density at radius 3 is 2.29 bits per heavy atom. The number of aryl methyl sites for hydroxylation is 1. The van der Waals surface area contributed by atoms with Crippen LogP contribution in [-0.2, 0) is 0 Å². The van der Waals surface area contributed by atoms with E-state index in [1.165, 1.54) is 0 Å². The van der Waals surface area contributed by atoms with Crippen LogP contribution in [0.2, 0.25) is 0 Å². The molecular weight excluding hydrogens is 176 g/mol. The minimum atomic E-state index is 0.108. The van der Waals surface area contributed by atoms with E-state index in [1.807, 2.05) is 26.8 Å². The molecule has 3 N–H and O–H groups in total. The molecule has 1 aromatic rings. The lowest BCUT2D eigenvalue weighted by Gasteiger charge is -2.14. The molecule has 3 heteroatoms. The first-order valence-corrected chi connectivity index (χ1v) is 4.48. The molecule has 0 unspecified atom stereocenters. The third-order valence-electron chi connectivity index (χ3n) is 2.52. The third-order valence-corrected chi connectivity index (χ3v) is 2.52. The molecule has 1 rings (SSSR count). The summed E-state index contributed by atoms with van der Waals surface area (Å²) in [4.78, 5) is 0. The maximum atomic E-state index is 7.43. The number of benzene rings is 1. The van der Waals surface area contributed by atoms with E-state index in [9.17, 15) is 0 Å². The largest absolute Gasteiger partial charge is 0.496 e. The smallest absolute Gasteiger partial charge is 0.124 e. The molecule has 0 fully saturated rings. The van der Waals surface area contributed by atoms with E-state index in [2.05, 4.69) is 0 Å². The zero-order valence-corrected chi connectivity index (χ0v) is 9.06. The molecular formula is C11H16N2O. The van der Waals surface area contributed by atoms with Crippen LogP contribution in [0.5, 0.6) is 5.75 Å². The second kappa shape index (κ2) is 3.70. The molecule has 3 nitrogen and oxygen atoms in total. The van der Waals surface area contributed by atoms with Crippen molar-refractivity contribution >= 4 is 5.84 Å². The van der Waals surface area contributed by atoms with Gasteiger partial charge < -0.3 is 10.5 Å². The first-order chi connectivity index (χ1) is 6.49. The molecule has 0 aliphatic rings. The molecule has 0 aromatic heterocycles. The van der Waals surface area contributed by atoms with Gasteiger partial charge in [-0.2, -0.15) is 0 Å². The first-order valence-electron chi connectivity index (χ1n) is 4.48. The summed E-state index contributed by atoms with van der Waals surface area (Å²) >= 11 is 0. The van der Waals surface area contributed by atoms with Gasteiger partial charge in [0.1, 0.15) is 11.6 Å². The van der Waals surface area contributed by atoms with E-state index in [4.69, 9.17) is 15.9 Å². The SMILES string of the molecule is COc1c(C)cc(C(=N)N)c(C)c1C. The number of nitrogens with two attached hydrogens (primary N) is 1. The predicted octanol–water partition coefficient (Wildman–Crippen LogP) is 1.90. The van der Waals surface area contributed by atoms with Crippen molar-refractivity contribution in [3.8, 4) is 5.75 Å². The molecule has 0 saturated heterocycles. The Labute approximate surface area is 84.4 Å². The second-order valence-corrected chi connectivity index (χ2v) is 3.44. The minimum absolute atomic E-state index is 0.108. The van der Waals surface area contributed by atoms with Crippen LogP contribution in [-0.4, -0.2) is 12.9 Å². The molecule has 0 saturated carbocycles. The Kier molecular flexibility index (Phi) is 2.79. The van der Waals surface area contributed by atoms with E-state index >= 15 is 0 Å². The van der Waals surface area contributed by atoms with Gasteiger partial charge in [-0.1, -0.05) is 0 Å². The van der Waals surface area contributed by atoms with Crippen molar-refractivity contribution in [3.05, 3.63) is 28.3 Å². The average molecular weight is 192 g/mol. The first kappa shape index (κ1) is 10.6. The van der Waals surface area contributed by atoms with Gasteiger partial charge in [0.25, 0.3) is 0 Å². The van der Waals surface area contributed by atoms with Crippen LogP contribution in [0.1, 0.15) is 22.3 Å². The van der Waals surface area contributed by atoms with Crippen molar-refractivity contribution in [2.24, 2.45) is 5.73 Å². The van der Waals surface area contributed by atoms with Gasteiger partial charge >= 0.3 is 0 Å². The molecule has 0 heterocycles. The van der Waals surface area contributed by atoms with Crippen LogP contribution in [0.4, 0.5) is 0 Å². The third kappa shape index (κ3) is 1.58. The zero-order chi connectivity index (χ0) is 10.9. The fraction of sp³-hybridized carbons (Fsp3) is 0.364. The lowest BCUT2D eigenvalue weighted by Crippen LogP contribution is -2.14. The highest BCUT2D eigenvalue weighted by Crippen LogP contribution is 2.28. The van der Waals surface area contributed by atoms with Crippen LogP contribution < -0.4 is 10.5 Å². The predicted molar refractivity (Wildman–Crippen MR) is 58.2 cm³/mol. The van der Waals surface area contributed by atoms with Crippen LogP contribution in [0.15, 0.2) is 6.07 Å². The van der Waals surface area contributed by atoms with Gasteiger partial charge in [-0.15, -0.1) is 0 Å². The Bertz CT molecular complexity index is 383. The van der Waals surface area contributed by atoms with Gasteiger partial charge in [0, 0.05) is 5.56 Å². The topological polar surface area (TPSA) is 59.1 Å². The van der Waals surface area contributed by atoms with Crippen molar-refractivity contribution in [1.82, 2.24) is 0 Å². The number of hydrogen-bond acceptors (Lipinski definition) is 2. The Hall–Kier alpha value is -1.51. The fourth-order valence-electron chi connectivity index (χ4n) is 1.65. The number of methoxy groups -OCH3 is 1. The summed E-state index contributed by atoms with van der Waals surface area (Å²) in [7, 11) is 1.65. The molecule has 0 bridgehead atoms. The normalized spacial score (nSPS) is 10.0. The Balaban J connectivity index is 3.47. The number of rotatable bonds is 2. The number of hydrogen-bond donors (Lipinski definition) is 2.